The molecule has 1 aliphatic heterocycles. The smallest absolute Gasteiger partial charge is 0.358 e. The highest BCUT2D eigenvalue weighted by Crippen LogP contribution is 2.37. The second kappa shape index (κ2) is 5.36. The van der Waals surface area contributed by atoms with Crippen LogP contribution in [0.25, 0.3) is 0 Å². The van der Waals surface area contributed by atoms with Crippen molar-refractivity contribution in [3.05, 3.63) is 18.1 Å². The fourth-order valence-electron chi connectivity index (χ4n) is 3.37. The van der Waals surface area contributed by atoms with Crippen LogP contribution in [0.5, 0.6) is 0 Å². The van der Waals surface area contributed by atoms with Gasteiger partial charge in [-0.15, -0.1) is 0 Å². The summed E-state index contributed by atoms with van der Waals surface area (Å²) in [5, 5.41) is 0. The van der Waals surface area contributed by atoms with Gasteiger partial charge in [0.1, 0.15) is 5.82 Å². The van der Waals surface area contributed by atoms with Crippen LogP contribution in [0.1, 0.15) is 29.8 Å². The van der Waals surface area contributed by atoms with Crippen LogP contribution in [-0.4, -0.2) is 42.2 Å². The molecule has 20 heavy (non-hydrogen) atoms. The maximum absolute atomic E-state index is 11.5. The number of carbonyl (C=O) groups is 1. The molecular weight excluding hydrogens is 256 g/mol. The standard InChI is InChI=1S/C14H20N4O2/c1-20-14(19)12-5-16-6-13(17-12)18-7-9-2-3-11(15)4-10(9)8-18/h5-6,9-11H,2-4,7-8,15H2,1H3/t9-,10+,11?/m1/s1. The van der Waals surface area contributed by atoms with Gasteiger partial charge in [-0.1, -0.05) is 0 Å². The first-order valence-electron chi connectivity index (χ1n) is 7.08. The number of nitrogens with two attached hydrogens (primary N) is 1. The van der Waals surface area contributed by atoms with Crippen molar-refractivity contribution in [1.82, 2.24) is 9.97 Å². The van der Waals surface area contributed by atoms with Crippen molar-refractivity contribution in [2.45, 2.75) is 25.3 Å². The zero-order valence-electron chi connectivity index (χ0n) is 11.7. The molecule has 0 amide bonds. The molecule has 2 heterocycles. The van der Waals surface area contributed by atoms with Crippen molar-refractivity contribution in [3.8, 4) is 0 Å². The van der Waals surface area contributed by atoms with E-state index in [0.29, 0.717) is 17.9 Å². The summed E-state index contributed by atoms with van der Waals surface area (Å²) in [6.07, 6.45) is 6.54. The van der Waals surface area contributed by atoms with Gasteiger partial charge >= 0.3 is 5.97 Å². The minimum atomic E-state index is -0.446. The van der Waals surface area contributed by atoms with Crippen LogP contribution >= 0.6 is 0 Å². The Morgan fingerprint density at radius 2 is 2.15 bits per heavy atom. The first-order chi connectivity index (χ1) is 9.67. The minimum Gasteiger partial charge on any atom is -0.464 e. The van der Waals surface area contributed by atoms with Gasteiger partial charge in [0.15, 0.2) is 5.69 Å². The average molecular weight is 276 g/mol. The number of esters is 1. The minimum absolute atomic E-state index is 0.261. The first-order valence-corrected chi connectivity index (χ1v) is 7.08. The molecule has 1 saturated carbocycles. The van der Waals surface area contributed by atoms with Crippen molar-refractivity contribution in [2.24, 2.45) is 17.6 Å². The molecular formula is C14H20N4O2. The topological polar surface area (TPSA) is 81.3 Å². The van der Waals surface area contributed by atoms with E-state index in [9.17, 15) is 4.79 Å². The molecule has 0 radical (unpaired) electrons. The quantitative estimate of drug-likeness (QED) is 0.806. The molecule has 0 aromatic carbocycles. The lowest BCUT2D eigenvalue weighted by atomic mass is 9.79. The van der Waals surface area contributed by atoms with Gasteiger partial charge in [0, 0.05) is 19.1 Å². The van der Waals surface area contributed by atoms with Gasteiger partial charge in [-0.05, 0) is 31.1 Å². The van der Waals surface area contributed by atoms with E-state index in [-0.39, 0.29) is 5.69 Å². The third-order valence-corrected chi connectivity index (χ3v) is 4.43. The third kappa shape index (κ3) is 2.47. The van der Waals surface area contributed by atoms with E-state index in [0.717, 1.165) is 31.7 Å². The Kier molecular flexibility index (Phi) is 3.56. The number of aromatic nitrogens is 2. The summed E-state index contributed by atoms with van der Waals surface area (Å²) in [5.41, 5.74) is 6.31. The van der Waals surface area contributed by atoms with E-state index < -0.39 is 5.97 Å². The number of carbonyl (C=O) groups excluding carboxylic acids is 1. The number of nitrogens with zero attached hydrogens (tertiary/aromatic N) is 3. The van der Waals surface area contributed by atoms with E-state index in [1.54, 1.807) is 6.20 Å². The molecule has 1 aliphatic carbocycles. The normalized spacial score (nSPS) is 29.1. The lowest BCUT2D eigenvalue weighted by Gasteiger charge is -2.27. The third-order valence-electron chi connectivity index (χ3n) is 4.43. The van der Waals surface area contributed by atoms with Gasteiger partial charge in [-0.3, -0.25) is 4.98 Å². The lowest BCUT2D eigenvalue weighted by molar-refractivity contribution is 0.0593. The molecule has 2 N–H and O–H groups in total. The van der Waals surface area contributed by atoms with Crippen LogP contribution in [0.2, 0.25) is 0 Å². The van der Waals surface area contributed by atoms with Crippen LogP contribution in [0, 0.1) is 11.8 Å². The molecule has 1 unspecified atom stereocenters. The summed E-state index contributed by atoms with van der Waals surface area (Å²) in [6, 6.07) is 0.337. The van der Waals surface area contributed by atoms with Crippen molar-refractivity contribution in [3.63, 3.8) is 0 Å². The van der Waals surface area contributed by atoms with Gasteiger partial charge < -0.3 is 15.4 Å². The molecule has 2 fully saturated rings. The Hall–Kier alpha value is -1.69. The summed E-state index contributed by atoms with van der Waals surface area (Å²) in [4.78, 5) is 22.2. The van der Waals surface area contributed by atoms with E-state index in [4.69, 9.17) is 5.73 Å². The second-order valence-electron chi connectivity index (χ2n) is 5.75. The number of rotatable bonds is 2. The number of anilines is 1. The predicted molar refractivity (Wildman–Crippen MR) is 74.4 cm³/mol. The Morgan fingerprint density at radius 1 is 1.35 bits per heavy atom. The van der Waals surface area contributed by atoms with Crippen molar-refractivity contribution in [1.29, 1.82) is 0 Å². The Bertz CT molecular complexity index is 508. The molecule has 0 spiro atoms. The van der Waals surface area contributed by atoms with Crippen LogP contribution in [0.15, 0.2) is 12.4 Å². The van der Waals surface area contributed by atoms with Crippen molar-refractivity contribution >= 4 is 11.8 Å². The average Bonchev–Trinajstić information content (AvgIpc) is 2.89. The van der Waals surface area contributed by atoms with Crippen molar-refractivity contribution in [2.75, 3.05) is 25.1 Å². The molecule has 108 valence electrons. The Balaban J connectivity index is 1.76. The van der Waals surface area contributed by atoms with Crippen LogP contribution in [-0.2, 0) is 4.74 Å². The highest BCUT2D eigenvalue weighted by molar-refractivity contribution is 5.87. The highest BCUT2D eigenvalue weighted by atomic mass is 16.5. The molecule has 1 aromatic heterocycles. The zero-order valence-corrected chi connectivity index (χ0v) is 11.7. The van der Waals surface area contributed by atoms with Gasteiger partial charge in [0.05, 0.1) is 19.5 Å². The summed E-state index contributed by atoms with van der Waals surface area (Å²) in [7, 11) is 1.35. The van der Waals surface area contributed by atoms with Gasteiger partial charge in [-0.25, -0.2) is 9.78 Å². The number of hydrogen-bond acceptors (Lipinski definition) is 6. The summed E-state index contributed by atoms with van der Waals surface area (Å²) < 4.78 is 4.69. The molecule has 1 aromatic rings. The fraction of sp³-hybridized carbons (Fsp3) is 0.643. The lowest BCUT2D eigenvalue weighted by Crippen LogP contribution is -2.32. The van der Waals surface area contributed by atoms with Gasteiger partial charge in [-0.2, -0.15) is 0 Å². The molecule has 3 atom stereocenters. The summed E-state index contributed by atoms with van der Waals surface area (Å²) in [6.45, 7) is 1.94. The van der Waals surface area contributed by atoms with Crippen LogP contribution < -0.4 is 10.6 Å². The molecule has 3 rings (SSSR count). The monoisotopic (exact) mass is 276 g/mol. The fourth-order valence-corrected chi connectivity index (χ4v) is 3.37. The summed E-state index contributed by atoms with van der Waals surface area (Å²) in [5.74, 6) is 1.65. The van der Waals surface area contributed by atoms with Gasteiger partial charge in [0.2, 0.25) is 0 Å². The molecule has 2 aliphatic rings. The maximum Gasteiger partial charge on any atom is 0.358 e. The highest BCUT2D eigenvalue weighted by Gasteiger charge is 2.37. The zero-order chi connectivity index (χ0) is 14.1. The molecule has 6 nitrogen and oxygen atoms in total. The number of fused-ring (bicyclic) bond motifs is 1. The predicted octanol–water partition coefficient (Wildman–Crippen LogP) is 0.827. The first kappa shape index (κ1) is 13.3. The van der Waals surface area contributed by atoms with E-state index in [1.165, 1.54) is 19.7 Å². The summed E-state index contributed by atoms with van der Waals surface area (Å²) >= 11 is 0. The van der Waals surface area contributed by atoms with Gasteiger partial charge in [0.25, 0.3) is 0 Å². The Morgan fingerprint density at radius 3 is 2.95 bits per heavy atom. The van der Waals surface area contributed by atoms with E-state index in [2.05, 4.69) is 19.6 Å². The molecule has 6 heteroatoms. The van der Waals surface area contributed by atoms with Crippen LogP contribution in [0.3, 0.4) is 0 Å². The van der Waals surface area contributed by atoms with E-state index in [1.807, 2.05) is 0 Å². The maximum atomic E-state index is 11.5. The van der Waals surface area contributed by atoms with E-state index >= 15 is 0 Å². The van der Waals surface area contributed by atoms with Crippen LogP contribution in [0.4, 0.5) is 5.82 Å². The largest absolute Gasteiger partial charge is 0.464 e. The SMILES string of the molecule is COC(=O)c1cncc(N2C[C@H]3CCC(N)C[C@H]3C2)n1. The molecule has 1 saturated heterocycles. The number of methoxy groups -OCH3 is 1. The number of ether oxygens (including phenoxy) is 1. The Labute approximate surface area is 118 Å². The van der Waals surface area contributed by atoms with Crippen molar-refractivity contribution < 1.29 is 9.53 Å². The molecule has 0 bridgehead atoms. The second-order valence-corrected chi connectivity index (χ2v) is 5.75. The number of hydrogen-bond donors (Lipinski definition) is 1.